The zero-order valence-electron chi connectivity index (χ0n) is 15.1. The number of nitrogens with zero attached hydrogens (tertiary/aromatic N) is 1. The van der Waals surface area contributed by atoms with Gasteiger partial charge in [0.15, 0.2) is 6.10 Å². The Morgan fingerprint density at radius 3 is 2.17 bits per heavy atom. The minimum absolute atomic E-state index is 0.0203. The molecule has 0 N–H and O–H groups in total. The van der Waals surface area contributed by atoms with Crippen molar-refractivity contribution in [2.24, 2.45) is 0 Å². The molecule has 1 fully saturated rings. The minimum Gasteiger partial charge on any atom is -0.481 e. The van der Waals surface area contributed by atoms with Crippen molar-refractivity contribution in [2.75, 3.05) is 13.1 Å². The molecule has 1 heterocycles. The van der Waals surface area contributed by atoms with E-state index >= 15 is 0 Å². The van der Waals surface area contributed by atoms with Crippen LogP contribution < -0.4 is 4.74 Å². The first kappa shape index (κ1) is 17.8. The largest absolute Gasteiger partial charge is 0.481 e. The molecule has 0 spiro atoms. The molecule has 2 rings (SSSR count). The maximum Gasteiger partial charge on any atom is 0.263 e. The van der Waals surface area contributed by atoms with Crippen molar-refractivity contribution in [3.05, 3.63) is 29.8 Å². The maximum absolute atomic E-state index is 12.6. The average Bonchev–Trinajstić information content (AvgIpc) is 2.45. The molecule has 4 heteroatoms. The van der Waals surface area contributed by atoms with Crippen molar-refractivity contribution < 1.29 is 14.3 Å². The van der Waals surface area contributed by atoms with Gasteiger partial charge >= 0.3 is 0 Å². The summed E-state index contributed by atoms with van der Waals surface area (Å²) in [6, 6.07) is 8.00. The molecule has 1 saturated heterocycles. The number of hydrogen-bond donors (Lipinski definition) is 0. The molecular formula is C19H29NO3. The number of rotatable bonds is 3. The highest BCUT2D eigenvalue weighted by atomic mass is 16.5. The molecule has 0 saturated carbocycles. The molecule has 0 radical (unpaired) electrons. The lowest BCUT2D eigenvalue weighted by Crippen LogP contribution is -2.51. The number of morpholine rings is 1. The molecule has 3 atom stereocenters. The summed E-state index contributed by atoms with van der Waals surface area (Å²) >= 11 is 0. The molecule has 0 bridgehead atoms. The van der Waals surface area contributed by atoms with E-state index in [0.29, 0.717) is 13.1 Å². The number of carbonyl (C=O) groups is 1. The van der Waals surface area contributed by atoms with Crippen molar-refractivity contribution in [2.45, 2.75) is 65.3 Å². The highest BCUT2D eigenvalue weighted by molar-refractivity contribution is 5.81. The first-order valence-corrected chi connectivity index (χ1v) is 8.38. The molecule has 128 valence electrons. The molecule has 1 amide bonds. The lowest BCUT2D eigenvalue weighted by Gasteiger charge is -2.36. The third-order valence-corrected chi connectivity index (χ3v) is 4.11. The quantitative estimate of drug-likeness (QED) is 0.857. The number of ether oxygens (including phenoxy) is 2. The van der Waals surface area contributed by atoms with E-state index in [1.165, 1.54) is 5.56 Å². The summed E-state index contributed by atoms with van der Waals surface area (Å²) in [4.78, 5) is 14.4. The van der Waals surface area contributed by atoms with Crippen molar-refractivity contribution in [1.82, 2.24) is 4.90 Å². The highest BCUT2D eigenvalue weighted by Gasteiger charge is 2.29. The van der Waals surface area contributed by atoms with Gasteiger partial charge in [-0.1, -0.05) is 32.9 Å². The maximum atomic E-state index is 12.6. The molecule has 1 aromatic carbocycles. The van der Waals surface area contributed by atoms with E-state index in [1.54, 1.807) is 0 Å². The van der Waals surface area contributed by atoms with Crippen molar-refractivity contribution in [1.29, 1.82) is 0 Å². The number of amides is 1. The van der Waals surface area contributed by atoms with Crippen LogP contribution in [0.25, 0.3) is 0 Å². The summed E-state index contributed by atoms with van der Waals surface area (Å²) in [5, 5.41) is 0. The lowest BCUT2D eigenvalue weighted by atomic mass is 9.87. The Labute approximate surface area is 139 Å². The standard InChI is InChI=1S/C19H29NO3/c1-13-11-20(12-14(2)22-13)18(21)15(3)23-17-9-7-16(8-10-17)19(4,5)6/h7-10,13-15H,11-12H2,1-6H3. The van der Waals surface area contributed by atoms with E-state index in [1.807, 2.05) is 37.8 Å². The van der Waals surface area contributed by atoms with Gasteiger partial charge in [0.1, 0.15) is 5.75 Å². The predicted octanol–water partition coefficient (Wildman–Crippen LogP) is 3.39. The Morgan fingerprint density at radius 1 is 1.17 bits per heavy atom. The molecule has 4 nitrogen and oxygen atoms in total. The van der Waals surface area contributed by atoms with Gasteiger partial charge in [-0.2, -0.15) is 0 Å². The van der Waals surface area contributed by atoms with Crippen LogP contribution in [0.15, 0.2) is 24.3 Å². The second-order valence-electron chi connectivity index (χ2n) is 7.53. The topological polar surface area (TPSA) is 38.8 Å². The van der Waals surface area contributed by atoms with Crippen molar-refractivity contribution >= 4 is 5.91 Å². The number of carbonyl (C=O) groups excluding carboxylic acids is 1. The first-order chi connectivity index (χ1) is 10.7. The molecule has 23 heavy (non-hydrogen) atoms. The third kappa shape index (κ3) is 4.71. The van der Waals surface area contributed by atoms with Crippen LogP contribution in [0, 0.1) is 0 Å². The first-order valence-electron chi connectivity index (χ1n) is 8.38. The fourth-order valence-corrected chi connectivity index (χ4v) is 2.90. The van der Waals surface area contributed by atoms with E-state index in [9.17, 15) is 4.79 Å². The summed E-state index contributed by atoms with van der Waals surface area (Å²) in [6.45, 7) is 13.6. The van der Waals surface area contributed by atoms with Crippen LogP contribution in [-0.2, 0) is 14.9 Å². The minimum atomic E-state index is -0.493. The van der Waals surface area contributed by atoms with Gasteiger partial charge < -0.3 is 14.4 Å². The van der Waals surface area contributed by atoms with Crippen LogP contribution in [0.2, 0.25) is 0 Å². The normalized spacial score (nSPS) is 23.5. The molecule has 1 aliphatic heterocycles. The fourth-order valence-electron chi connectivity index (χ4n) is 2.90. The van der Waals surface area contributed by atoms with Gasteiger partial charge in [-0.3, -0.25) is 4.79 Å². The monoisotopic (exact) mass is 319 g/mol. The molecule has 1 aliphatic rings. The Bertz CT molecular complexity index is 523. The van der Waals surface area contributed by atoms with Crippen LogP contribution in [0.3, 0.4) is 0 Å². The Morgan fingerprint density at radius 2 is 1.70 bits per heavy atom. The van der Waals surface area contributed by atoms with E-state index in [0.717, 1.165) is 5.75 Å². The van der Waals surface area contributed by atoms with Crippen LogP contribution in [-0.4, -0.2) is 42.2 Å². The summed E-state index contributed by atoms with van der Waals surface area (Å²) in [5.74, 6) is 0.750. The Balaban J connectivity index is 1.98. The molecule has 0 aliphatic carbocycles. The van der Waals surface area contributed by atoms with E-state index in [2.05, 4.69) is 32.9 Å². The van der Waals surface area contributed by atoms with E-state index in [4.69, 9.17) is 9.47 Å². The summed E-state index contributed by atoms with van der Waals surface area (Å²) in [6.07, 6.45) is -0.352. The zero-order valence-corrected chi connectivity index (χ0v) is 15.1. The van der Waals surface area contributed by atoms with Gasteiger partial charge in [0.25, 0.3) is 5.91 Å². The average molecular weight is 319 g/mol. The highest BCUT2D eigenvalue weighted by Crippen LogP contribution is 2.25. The summed E-state index contributed by atoms with van der Waals surface area (Å²) in [7, 11) is 0. The smallest absolute Gasteiger partial charge is 0.263 e. The second-order valence-corrected chi connectivity index (χ2v) is 7.53. The van der Waals surface area contributed by atoms with Crippen molar-refractivity contribution in [3.8, 4) is 5.75 Å². The summed E-state index contributed by atoms with van der Waals surface area (Å²) in [5.41, 5.74) is 1.36. The van der Waals surface area contributed by atoms with Gasteiger partial charge in [0.05, 0.1) is 12.2 Å². The number of hydrogen-bond acceptors (Lipinski definition) is 3. The van der Waals surface area contributed by atoms with Crippen LogP contribution in [0.1, 0.15) is 47.1 Å². The van der Waals surface area contributed by atoms with Gasteiger partial charge in [-0.05, 0) is 43.9 Å². The molecule has 0 aromatic heterocycles. The molecular weight excluding hydrogens is 290 g/mol. The number of benzene rings is 1. The molecule has 3 unspecified atom stereocenters. The Hall–Kier alpha value is -1.55. The fraction of sp³-hybridized carbons (Fsp3) is 0.632. The van der Waals surface area contributed by atoms with Gasteiger partial charge in [-0.15, -0.1) is 0 Å². The van der Waals surface area contributed by atoms with Gasteiger partial charge in [0.2, 0.25) is 0 Å². The van der Waals surface area contributed by atoms with Crippen LogP contribution >= 0.6 is 0 Å². The Kier molecular flexibility index (Phi) is 5.35. The SMILES string of the molecule is CC1CN(C(=O)C(C)Oc2ccc(C(C)(C)C)cc2)CC(C)O1. The predicted molar refractivity (Wildman–Crippen MR) is 91.8 cm³/mol. The van der Waals surface area contributed by atoms with Gasteiger partial charge in [-0.25, -0.2) is 0 Å². The summed E-state index contributed by atoms with van der Waals surface area (Å²) < 4.78 is 11.5. The van der Waals surface area contributed by atoms with Crippen LogP contribution in [0.4, 0.5) is 0 Å². The van der Waals surface area contributed by atoms with Crippen LogP contribution in [0.5, 0.6) is 5.75 Å². The zero-order chi connectivity index (χ0) is 17.2. The van der Waals surface area contributed by atoms with Crippen molar-refractivity contribution in [3.63, 3.8) is 0 Å². The lowest BCUT2D eigenvalue weighted by molar-refractivity contribution is -0.149. The molecule has 1 aromatic rings. The second kappa shape index (κ2) is 6.91. The van der Waals surface area contributed by atoms with Gasteiger partial charge in [0, 0.05) is 13.1 Å². The third-order valence-electron chi connectivity index (χ3n) is 4.11. The van der Waals surface area contributed by atoms with E-state index in [-0.39, 0.29) is 23.5 Å². The van der Waals surface area contributed by atoms with E-state index < -0.39 is 6.10 Å².